The Morgan fingerprint density at radius 2 is 0.595 bits per heavy atom. The van der Waals surface area contributed by atoms with Gasteiger partial charge in [0, 0.05) is 1050 Å². The minimum absolute atomic E-state index is 0. The molecule has 0 atom stereocenters. The molecular formula is C28H44N8O14S2Y32-4. The van der Waals surface area contributed by atoms with Gasteiger partial charge in [-0.3, -0.25) is 47.9 Å². The maximum atomic E-state index is 10.8. The minimum atomic E-state index is -0.777. The van der Waals surface area contributed by atoms with E-state index in [4.69, 9.17) is 11.5 Å². The van der Waals surface area contributed by atoms with Gasteiger partial charge in [0.25, 0.3) is 0 Å². The van der Waals surface area contributed by atoms with Gasteiger partial charge in [-0.1, -0.05) is 52.6 Å². The molecule has 0 saturated carbocycles. The monoisotopic (exact) mass is 3630 g/mol. The van der Waals surface area contributed by atoms with Crippen molar-refractivity contribution in [2.45, 2.75) is 53.4 Å². The number of urea groups is 2. The maximum absolute atomic E-state index is 10.8. The number of imide groups is 2. The van der Waals surface area contributed by atoms with Crippen LogP contribution in [0.1, 0.15) is 53.4 Å². The molecule has 8 amide bonds. The van der Waals surface area contributed by atoms with Crippen molar-refractivity contribution in [3.8, 4) is 0 Å². The van der Waals surface area contributed by atoms with E-state index in [1.54, 1.807) is 34.7 Å². The zero-order valence-corrected chi connectivity index (χ0v) is 141. The fourth-order valence-electron chi connectivity index (χ4n) is 2.24. The summed E-state index contributed by atoms with van der Waals surface area (Å²) in [6.45, 7) is 7.89. The van der Waals surface area contributed by atoms with E-state index < -0.39 is 53.7 Å². The quantitative estimate of drug-likeness (QED) is 0.151. The summed E-state index contributed by atoms with van der Waals surface area (Å²) in [4.78, 5) is 107. The van der Waals surface area contributed by atoms with E-state index in [1.807, 2.05) is 0 Å². The SMILES string of the molecule is CCOC(=O)CC(=O)OCC.CCOC(=O)CC(=O)OCC.CN1C(=O)CC(=O)[N-]C1=O.CN1C(=O)CC(=O)[N-]C1=S.CNC([NH-])=O.CNC([NH-])=S.[Y].[Y].[Y].[Y].[Y].[Y].[Y].[Y].[Y].[Y].[Y].[Y].[Y].[Y].[Y].[Y].[Y].[Y].[Y].[Y].[Y].[Y].[Y].[Y].[Y].[Y].[Y].[Y].[Y].[Y].[Y].[Y]. The van der Waals surface area contributed by atoms with Crippen LogP contribution in [-0.4, -0.2) is 134 Å². The van der Waals surface area contributed by atoms with Crippen LogP contribution in [0.15, 0.2) is 0 Å². The van der Waals surface area contributed by atoms with Gasteiger partial charge < -0.3 is 61.5 Å². The molecule has 0 aromatic heterocycles. The van der Waals surface area contributed by atoms with Crippen LogP contribution < -0.4 is 10.6 Å². The number of barbiturate groups is 1. The van der Waals surface area contributed by atoms with Crippen LogP contribution in [0, 0.1) is 0 Å². The number of esters is 4. The summed E-state index contributed by atoms with van der Waals surface area (Å²) < 4.78 is 18.1. The largest absolute Gasteiger partial charge is 0.476 e. The molecule has 2 rings (SSSR count). The van der Waals surface area contributed by atoms with Crippen molar-refractivity contribution in [3.63, 3.8) is 0 Å². The molecule has 2 aliphatic rings. The third-order valence-corrected chi connectivity index (χ3v) is 5.19. The summed E-state index contributed by atoms with van der Waals surface area (Å²) >= 11 is 8.85. The van der Waals surface area contributed by atoms with Crippen LogP contribution in [0.25, 0.3) is 22.1 Å². The van der Waals surface area contributed by atoms with Crippen molar-refractivity contribution in [3.05, 3.63) is 22.1 Å². The number of hydrogen-bond donors (Lipinski definition) is 2. The van der Waals surface area contributed by atoms with Crippen molar-refractivity contribution in [1.29, 1.82) is 0 Å². The number of thiocarbonyl (C=S) groups is 2. The molecular weight excluding hydrogens is 3580 g/mol. The normalized spacial score (nSPS) is 7.71. The van der Waals surface area contributed by atoms with Crippen molar-refractivity contribution in [1.82, 2.24) is 20.4 Å². The second-order valence-corrected chi connectivity index (χ2v) is 9.34. The van der Waals surface area contributed by atoms with Gasteiger partial charge in [-0.25, -0.2) is 0 Å². The van der Waals surface area contributed by atoms with E-state index in [2.05, 4.69) is 64.7 Å². The van der Waals surface area contributed by atoms with Crippen LogP contribution in [0.4, 0.5) is 9.59 Å². The molecule has 56 heteroatoms. The molecule has 0 unspecified atom stereocenters. The van der Waals surface area contributed by atoms with Crippen molar-refractivity contribution in [2.24, 2.45) is 0 Å². The second kappa shape index (κ2) is 183. The topological polar surface area (TPSA) is 314 Å². The average molecular weight is 3630 g/mol. The predicted octanol–water partition coefficient (Wildman–Crippen LogP) is 1.75. The van der Waals surface area contributed by atoms with Gasteiger partial charge in [0.1, 0.15) is 18.9 Å². The van der Waals surface area contributed by atoms with Crippen LogP contribution in [0.2, 0.25) is 0 Å². The van der Waals surface area contributed by atoms with Gasteiger partial charge in [0.05, 0.1) is 39.3 Å². The third kappa shape index (κ3) is 186. The maximum Gasteiger partial charge on any atom is 0.317 e. The number of carbonyl (C=O) groups is 10. The van der Waals surface area contributed by atoms with E-state index in [0.717, 1.165) is 4.90 Å². The predicted molar refractivity (Wildman–Crippen MR) is 190 cm³/mol. The summed E-state index contributed by atoms with van der Waals surface area (Å²) in [5.74, 6) is -4.04. The molecule has 2 saturated heterocycles. The van der Waals surface area contributed by atoms with E-state index in [1.165, 1.54) is 26.0 Å². The first-order valence-corrected chi connectivity index (χ1v) is 15.6. The molecule has 2 fully saturated rings. The Kier molecular flexibility index (Phi) is 521. The van der Waals surface area contributed by atoms with Gasteiger partial charge in [-0.2, -0.15) is 0 Å². The van der Waals surface area contributed by atoms with E-state index in [9.17, 15) is 47.9 Å². The smallest absolute Gasteiger partial charge is 0.317 e. The number of nitrogens with one attached hydrogen (secondary N) is 4. The first kappa shape index (κ1) is 239. The summed E-state index contributed by atoms with van der Waals surface area (Å²) in [6.07, 6.45) is -1.03. The van der Waals surface area contributed by atoms with E-state index in [0.29, 0.717) is 0 Å². The molecule has 4 N–H and O–H groups in total. The van der Waals surface area contributed by atoms with Crippen LogP contribution >= 0.6 is 24.4 Å². The third-order valence-electron chi connectivity index (χ3n) is 4.62. The molecule has 2 heterocycles. The average Bonchev–Trinajstić information content (AvgIpc) is 3.04. The summed E-state index contributed by atoms with van der Waals surface area (Å²) in [6, 6.07) is -1.52. The molecule has 22 nitrogen and oxygen atoms in total. The Labute approximate surface area is 1320 Å². The van der Waals surface area contributed by atoms with Crippen LogP contribution in [0.3, 0.4) is 0 Å². The molecule has 0 spiro atoms. The first-order valence-electron chi connectivity index (χ1n) is 14.8. The fraction of sp³-hybridized carbons (Fsp3) is 0.571. The van der Waals surface area contributed by atoms with Gasteiger partial charge in [0.15, 0.2) is 29.7 Å². The molecule has 32 radical (unpaired) electrons. The zero-order valence-electron chi connectivity index (χ0n) is 48.5. The van der Waals surface area contributed by atoms with Crippen molar-refractivity contribution < 1.29 is 1110 Å². The van der Waals surface area contributed by atoms with Crippen LogP contribution in [-0.2, 0) is 1100 Å². The standard InChI is InChI=1S/2C7H12O4.C5H6N2O3.C5H6N2O2S.C2H6N2O.C2H6N2S.32Y/c2*1-3-10-6(8)5-7(9)11-4-2;2*1-7-4(9)2-3(8)6-5(7)10;2*1-4-2(3)5;;;;;;;;;;;;;;;;;;;;;;;;;;;;;;;;/h2*3-5H2,1-2H3;2*2H2,1H3,(H,6,8,10);2*1H3,(H3,3,4,5);;;;;;;;;;;;;;;;;;;;;;;;;;;;;;;;/p-4. The van der Waals surface area contributed by atoms with Gasteiger partial charge >= 0.3 is 23.9 Å². The molecule has 84 heavy (non-hydrogen) atoms. The van der Waals surface area contributed by atoms with Crippen molar-refractivity contribution in [2.75, 3.05) is 54.6 Å². The van der Waals surface area contributed by atoms with Crippen LogP contribution in [0.5, 0.6) is 0 Å². The molecule has 2 aliphatic heterocycles. The summed E-state index contributed by atoms with van der Waals surface area (Å²) in [5, 5.41) is 11.1. The van der Waals surface area contributed by atoms with Gasteiger partial charge in [0.2, 0.25) is 0 Å². The van der Waals surface area contributed by atoms with E-state index in [-0.39, 0.29) is 1110 Å². The number of hydrogen-bond acceptors (Lipinski definition) is 16. The Balaban J connectivity index is -0.00000000911. The van der Waals surface area contributed by atoms with Gasteiger partial charge in [-0.15, -0.1) is 0 Å². The molecule has 0 aliphatic carbocycles. The molecule has 0 aromatic rings. The molecule has 0 bridgehead atoms. The number of ether oxygens (including phenoxy) is 4. The minimum Gasteiger partial charge on any atom is -0.476 e. The number of amides is 8. The first-order chi connectivity index (χ1) is 24.2. The van der Waals surface area contributed by atoms with Crippen molar-refractivity contribution >= 4 is 94.2 Å². The Bertz CT molecular complexity index is 1180. The zero-order chi connectivity index (χ0) is 41.4. The number of carbonyl (C=O) groups excluding carboxylic acids is 10. The molecule has 0 aromatic carbocycles. The number of rotatable bonds is 8. The van der Waals surface area contributed by atoms with Gasteiger partial charge in [-0.05, 0) is 32.8 Å². The second-order valence-electron chi connectivity index (χ2n) is 8.57. The number of nitrogens with zero attached hydrogens (tertiary/aromatic N) is 4. The molecule has 392 valence electrons. The Hall–Kier alpha value is 29.8. The fourth-order valence-corrected chi connectivity index (χ4v) is 2.44. The summed E-state index contributed by atoms with van der Waals surface area (Å²) in [7, 11) is 5.83. The Morgan fingerprint density at radius 1 is 0.417 bits per heavy atom. The van der Waals surface area contributed by atoms with E-state index >= 15 is 0 Å². The summed E-state index contributed by atoms with van der Waals surface area (Å²) in [5.41, 5.74) is 12.5. The Morgan fingerprint density at radius 3 is 0.738 bits per heavy atom.